The number of amides is 1. The molecular formula is C12H12N2OS2. The number of benzene rings is 1. The summed E-state index contributed by atoms with van der Waals surface area (Å²) in [6.07, 6.45) is 2.03. The van der Waals surface area contributed by atoms with Crippen molar-refractivity contribution in [2.75, 3.05) is 11.6 Å². The highest BCUT2D eigenvalue weighted by molar-refractivity contribution is 7.97. The Morgan fingerprint density at radius 3 is 2.88 bits per heavy atom. The molecule has 2 rings (SSSR count). The lowest BCUT2D eigenvalue weighted by Crippen LogP contribution is -2.11. The Hall–Kier alpha value is -1.33. The van der Waals surface area contributed by atoms with Gasteiger partial charge in [0.15, 0.2) is 5.13 Å². The van der Waals surface area contributed by atoms with E-state index in [1.807, 2.05) is 29.8 Å². The van der Waals surface area contributed by atoms with Gasteiger partial charge in [0.1, 0.15) is 0 Å². The molecule has 0 aliphatic heterocycles. The summed E-state index contributed by atoms with van der Waals surface area (Å²) >= 11 is 3.17. The van der Waals surface area contributed by atoms with Crippen molar-refractivity contribution in [2.45, 2.75) is 5.75 Å². The van der Waals surface area contributed by atoms with Gasteiger partial charge >= 0.3 is 0 Å². The number of carbonyl (C=O) groups excluding carboxylic acids is 1. The molecule has 0 aliphatic carbocycles. The molecule has 1 N–H and O–H groups in total. The van der Waals surface area contributed by atoms with Crippen molar-refractivity contribution in [3.63, 3.8) is 0 Å². The van der Waals surface area contributed by atoms with Crippen LogP contribution in [0.1, 0.15) is 16.1 Å². The van der Waals surface area contributed by atoms with E-state index in [0.29, 0.717) is 10.7 Å². The first-order chi connectivity index (χ1) is 8.29. The van der Waals surface area contributed by atoms with E-state index >= 15 is 0 Å². The van der Waals surface area contributed by atoms with Crippen LogP contribution in [0.4, 0.5) is 5.13 Å². The van der Waals surface area contributed by atoms with E-state index in [1.54, 1.807) is 23.9 Å². The van der Waals surface area contributed by atoms with Crippen LogP contribution in [0.5, 0.6) is 0 Å². The number of rotatable bonds is 4. The number of carbonyl (C=O) groups is 1. The second kappa shape index (κ2) is 5.84. The molecule has 0 aliphatic rings. The molecule has 88 valence electrons. The van der Waals surface area contributed by atoms with E-state index in [4.69, 9.17) is 0 Å². The van der Waals surface area contributed by atoms with Crippen molar-refractivity contribution >= 4 is 34.1 Å². The number of aromatic nitrogens is 1. The molecule has 0 fully saturated rings. The Kier molecular flexibility index (Phi) is 4.17. The number of hydrogen-bond acceptors (Lipinski definition) is 4. The summed E-state index contributed by atoms with van der Waals surface area (Å²) in [6.45, 7) is 0. The number of hydrogen-bond donors (Lipinski definition) is 1. The Morgan fingerprint density at radius 2 is 2.18 bits per heavy atom. The van der Waals surface area contributed by atoms with Gasteiger partial charge in [-0.05, 0) is 18.4 Å². The van der Waals surface area contributed by atoms with E-state index in [-0.39, 0.29) is 5.91 Å². The van der Waals surface area contributed by atoms with Crippen LogP contribution < -0.4 is 5.32 Å². The standard InChI is InChI=1S/C12H12N2OS2/c1-16-7-10-8-17-12(13-10)14-11(15)9-5-3-2-4-6-9/h2-6,8H,7H2,1H3,(H,13,14,15). The predicted octanol–water partition coefficient (Wildman–Crippen LogP) is 3.26. The van der Waals surface area contributed by atoms with E-state index in [9.17, 15) is 4.79 Å². The fraction of sp³-hybridized carbons (Fsp3) is 0.167. The molecule has 0 unspecified atom stereocenters. The highest BCUT2D eigenvalue weighted by Crippen LogP contribution is 2.19. The third-order valence-corrected chi connectivity index (χ3v) is 3.49. The predicted molar refractivity (Wildman–Crippen MR) is 73.7 cm³/mol. The molecule has 1 amide bonds. The topological polar surface area (TPSA) is 42.0 Å². The SMILES string of the molecule is CSCc1csc(NC(=O)c2ccccc2)n1. The molecule has 0 saturated heterocycles. The second-order valence-electron chi connectivity index (χ2n) is 3.40. The molecule has 17 heavy (non-hydrogen) atoms. The van der Waals surface area contributed by atoms with Crippen LogP contribution in [-0.4, -0.2) is 17.1 Å². The maximum Gasteiger partial charge on any atom is 0.257 e. The van der Waals surface area contributed by atoms with Gasteiger partial charge in [0.25, 0.3) is 5.91 Å². The maximum atomic E-state index is 11.8. The summed E-state index contributed by atoms with van der Waals surface area (Å²) in [5.41, 5.74) is 1.65. The average molecular weight is 264 g/mol. The van der Waals surface area contributed by atoms with E-state index in [0.717, 1.165) is 11.4 Å². The van der Waals surface area contributed by atoms with Crippen molar-refractivity contribution in [2.24, 2.45) is 0 Å². The first-order valence-corrected chi connectivity index (χ1v) is 7.36. The zero-order valence-electron chi connectivity index (χ0n) is 9.34. The highest BCUT2D eigenvalue weighted by Gasteiger charge is 2.07. The van der Waals surface area contributed by atoms with Gasteiger partial charge in [0.2, 0.25) is 0 Å². The largest absolute Gasteiger partial charge is 0.298 e. The van der Waals surface area contributed by atoms with Crippen LogP contribution in [0, 0.1) is 0 Å². The monoisotopic (exact) mass is 264 g/mol. The molecule has 0 spiro atoms. The molecule has 3 nitrogen and oxygen atoms in total. The molecule has 2 aromatic rings. The van der Waals surface area contributed by atoms with Gasteiger partial charge in [-0.3, -0.25) is 10.1 Å². The van der Waals surface area contributed by atoms with E-state index in [1.165, 1.54) is 11.3 Å². The normalized spacial score (nSPS) is 10.2. The number of thioether (sulfide) groups is 1. The third kappa shape index (κ3) is 3.31. The molecule has 1 aromatic carbocycles. The summed E-state index contributed by atoms with van der Waals surface area (Å²) < 4.78 is 0. The fourth-order valence-corrected chi connectivity index (χ4v) is 2.59. The van der Waals surface area contributed by atoms with Gasteiger partial charge in [-0.1, -0.05) is 18.2 Å². The molecular weight excluding hydrogens is 252 g/mol. The van der Waals surface area contributed by atoms with Gasteiger partial charge in [-0.2, -0.15) is 11.8 Å². The van der Waals surface area contributed by atoms with Gasteiger partial charge in [-0.15, -0.1) is 11.3 Å². The van der Waals surface area contributed by atoms with Crippen LogP contribution in [0.3, 0.4) is 0 Å². The lowest BCUT2D eigenvalue weighted by molar-refractivity contribution is 0.102. The molecule has 0 bridgehead atoms. The number of thiazole rings is 1. The molecule has 1 aromatic heterocycles. The van der Waals surface area contributed by atoms with Gasteiger partial charge in [0.05, 0.1) is 5.69 Å². The van der Waals surface area contributed by atoms with Crippen molar-refractivity contribution in [1.29, 1.82) is 0 Å². The second-order valence-corrected chi connectivity index (χ2v) is 5.12. The van der Waals surface area contributed by atoms with Crippen LogP contribution in [0.25, 0.3) is 0 Å². The molecule has 5 heteroatoms. The summed E-state index contributed by atoms with van der Waals surface area (Å²) in [5, 5.41) is 5.42. The van der Waals surface area contributed by atoms with Crippen molar-refractivity contribution in [1.82, 2.24) is 4.98 Å². The zero-order valence-corrected chi connectivity index (χ0v) is 11.0. The van der Waals surface area contributed by atoms with Gasteiger partial charge in [-0.25, -0.2) is 4.98 Å². The highest BCUT2D eigenvalue weighted by atomic mass is 32.2. The van der Waals surface area contributed by atoms with E-state index in [2.05, 4.69) is 10.3 Å². The Morgan fingerprint density at radius 1 is 1.41 bits per heavy atom. The fourth-order valence-electron chi connectivity index (χ4n) is 1.34. The van der Waals surface area contributed by atoms with Crippen molar-refractivity contribution < 1.29 is 4.79 Å². The van der Waals surface area contributed by atoms with E-state index < -0.39 is 0 Å². The van der Waals surface area contributed by atoms with Gasteiger partial charge in [0, 0.05) is 16.7 Å². The van der Waals surface area contributed by atoms with Crippen molar-refractivity contribution in [3.8, 4) is 0 Å². The van der Waals surface area contributed by atoms with Crippen LogP contribution in [0.2, 0.25) is 0 Å². The molecule has 0 radical (unpaired) electrons. The quantitative estimate of drug-likeness (QED) is 0.921. The number of anilines is 1. The maximum absolute atomic E-state index is 11.8. The van der Waals surface area contributed by atoms with Crippen LogP contribution in [-0.2, 0) is 5.75 Å². The Labute approximate surface area is 108 Å². The summed E-state index contributed by atoms with van der Waals surface area (Å²) in [4.78, 5) is 16.2. The lowest BCUT2D eigenvalue weighted by atomic mass is 10.2. The third-order valence-electron chi connectivity index (χ3n) is 2.10. The number of nitrogens with one attached hydrogen (secondary N) is 1. The number of nitrogens with zero attached hydrogens (tertiary/aromatic N) is 1. The Balaban J connectivity index is 2.03. The minimum absolute atomic E-state index is 0.115. The molecule has 0 saturated carbocycles. The summed E-state index contributed by atoms with van der Waals surface area (Å²) in [7, 11) is 0. The summed E-state index contributed by atoms with van der Waals surface area (Å²) in [6, 6.07) is 9.14. The lowest BCUT2D eigenvalue weighted by Gasteiger charge is -2.00. The van der Waals surface area contributed by atoms with Crippen LogP contribution >= 0.6 is 23.1 Å². The first kappa shape index (κ1) is 12.1. The average Bonchev–Trinajstić information content (AvgIpc) is 2.78. The Bertz CT molecular complexity index is 496. The van der Waals surface area contributed by atoms with Crippen LogP contribution in [0.15, 0.2) is 35.7 Å². The summed E-state index contributed by atoms with van der Waals surface area (Å²) in [5.74, 6) is 0.758. The molecule has 0 atom stereocenters. The minimum Gasteiger partial charge on any atom is -0.298 e. The van der Waals surface area contributed by atoms with Gasteiger partial charge < -0.3 is 0 Å². The smallest absolute Gasteiger partial charge is 0.257 e. The minimum atomic E-state index is -0.115. The zero-order chi connectivity index (χ0) is 12.1. The first-order valence-electron chi connectivity index (χ1n) is 5.09. The molecule has 1 heterocycles. The van der Waals surface area contributed by atoms with Crippen molar-refractivity contribution in [3.05, 3.63) is 47.0 Å².